The number of rotatable bonds is 1. The number of nitrogens with zero attached hydrogens (tertiary/aromatic N) is 1. The quantitative estimate of drug-likeness (QED) is 0.595. The summed E-state index contributed by atoms with van der Waals surface area (Å²) in [7, 11) is 0. The van der Waals surface area contributed by atoms with Crippen LogP contribution < -0.4 is 5.73 Å². The van der Waals surface area contributed by atoms with Gasteiger partial charge in [-0.15, -0.1) is 0 Å². The Labute approximate surface area is 93.1 Å². The molecular formula is C11H14N2O3. The first kappa shape index (κ1) is 10.8. The predicted molar refractivity (Wildman–Crippen MR) is 58.3 cm³/mol. The molecule has 0 saturated carbocycles. The Balaban J connectivity index is 2.24. The molecule has 2 rings (SSSR count). The van der Waals surface area contributed by atoms with Gasteiger partial charge in [0.2, 0.25) is 0 Å². The maximum atomic E-state index is 12.0. The minimum Gasteiger partial charge on any atom is -0.504 e. The monoisotopic (exact) mass is 222 g/mol. The van der Waals surface area contributed by atoms with Gasteiger partial charge in [0.25, 0.3) is 5.91 Å². The molecule has 1 aliphatic heterocycles. The summed E-state index contributed by atoms with van der Waals surface area (Å²) in [4.78, 5) is 13.5. The minimum atomic E-state index is -0.368. The van der Waals surface area contributed by atoms with Crippen molar-refractivity contribution in [2.45, 2.75) is 12.5 Å². The van der Waals surface area contributed by atoms with E-state index in [2.05, 4.69) is 0 Å². The number of nitrogens with two attached hydrogens (primary N) is 1. The number of hydrogen-bond donors (Lipinski definition) is 3. The third kappa shape index (κ3) is 1.81. The molecule has 86 valence electrons. The Hall–Kier alpha value is -1.75. The minimum absolute atomic E-state index is 0.00315. The molecule has 1 amide bonds. The van der Waals surface area contributed by atoms with Crippen molar-refractivity contribution in [1.29, 1.82) is 0 Å². The van der Waals surface area contributed by atoms with E-state index in [9.17, 15) is 15.0 Å². The highest BCUT2D eigenvalue weighted by atomic mass is 16.3. The maximum absolute atomic E-state index is 12.0. The number of benzene rings is 1. The molecule has 1 aliphatic rings. The fraction of sp³-hybridized carbons (Fsp3) is 0.364. The van der Waals surface area contributed by atoms with Gasteiger partial charge in [-0.2, -0.15) is 0 Å². The van der Waals surface area contributed by atoms with Crippen LogP contribution >= 0.6 is 0 Å². The van der Waals surface area contributed by atoms with Crippen molar-refractivity contribution < 1.29 is 15.0 Å². The third-order valence-electron chi connectivity index (χ3n) is 2.76. The first-order chi connectivity index (χ1) is 7.59. The second-order valence-electron chi connectivity index (χ2n) is 3.97. The molecule has 1 unspecified atom stereocenters. The van der Waals surface area contributed by atoms with Gasteiger partial charge in [0.15, 0.2) is 11.5 Å². The van der Waals surface area contributed by atoms with E-state index in [1.165, 1.54) is 18.2 Å². The van der Waals surface area contributed by atoms with E-state index in [1.807, 2.05) is 0 Å². The highest BCUT2D eigenvalue weighted by Crippen LogP contribution is 2.29. The van der Waals surface area contributed by atoms with Crippen LogP contribution in [0.4, 0.5) is 0 Å². The summed E-state index contributed by atoms with van der Waals surface area (Å²) in [6.45, 7) is 1.09. The smallest absolute Gasteiger partial charge is 0.257 e. The molecular weight excluding hydrogens is 208 g/mol. The van der Waals surface area contributed by atoms with Gasteiger partial charge < -0.3 is 20.8 Å². The number of aromatic hydroxyl groups is 2. The molecule has 1 aromatic rings. The van der Waals surface area contributed by atoms with Crippen LogP contribution in [0.2, 0.25) is 0 Å². The van der Waals surface area contributed by atoms with Crippen molar-refractivity contribution in [3.8, 4) is 11.5 Å². The molecule has 16 heavy (non-hydrogen) atoms. The van der Waals surface area contributed by atoms with Crippen LogP contribution in [0.25, 0.3) is 0 Å². The SMILES string of the molecule is NC1CCN(C(=O)c2cccc(O)c2O)C1. The molecule has 1 atom stereocenters. The fourth-order valence-corrected chi connectivity index (χ4v) is 1.85. The summed E-state index contributed by atoms with van der Waals surface area (Å²) in [6, 6.07) is 4.35. The van der Waals surface area contributed by atoms with Crippen LogP contribution in [0.3, 0.4) is 0 Å². The maximum Gasteiger partial charge on any atom is 0.257 e. The molecule has 0 spiro atoms. The highest BCUT2D eigenvalue weighted by Gasteiger charge is 2.26. The van der Waals surface area contributed by atoms with Gasteiger partial charge in [0.05, 0.1) is 5.56 Å². The topological polar surface area (TPSA) is 86.8 Å². The van der Waals surface area contributed by atoms with Gasteiger partial charge in [0, 0.05) is 19.1 Å². The summed E-state index contributed by atoms with van der Waals surface area (Å²) < 4.78 is 0. The van der Waals surface area contributed by atoms with E-state index in [0.717, 1.165) is 6.42 Å². The van der Waals surface area contributed by atoms with Gasteiger partial charge >= 0.3 is 0 Å². The van der Waals surface area contributed by atoms with Crippen molar-refractivity contribution in [3.05, 3.63) is 23.8 Å². The Morgan fingerprint density at radius 3 is 2.81 bits per heavy atom. The standard InChI is InChI=1S/C11H14N2O3/c12-7-4-5-13(6-7)11(16)8-2-1-3-9(14)10(8)15/h1-3,7,14-15H,4-6,12H2. The van der Waals surface area contributed by atoms with Crippen LogP contribution in [0.5, 0.6) is 11.5 Å². The van der Waals surface area contributed by atoms with Crippen molar-refractivity contribution in [2.75, 3.05) is 13.1 Å². The Bertz CT molecular complexity index is 420. The van der Waals surface area contributed by atoms with Crippen LogP contribution in [0, 0.1) is 0 Å². The molecule has 1 saturated heterocycles. The van der Waals surface area contributed by atoms with Gasteiger partial charge in [0.1, 0.15) is 0 Å². The van der Waals surface area contributed by atoms with Crippen molar-refractivity contribution in [1.82, 2.24) is 4.90 Å². The molecule has 5 heteroatoms. The van der Waals surface area contributed by atoms with Gasteiger partial charge in [-0.05, 0) is 18.6 Å². The lowest BCUT2D eigenvalue weighted by Gasteiger charge is -2.16. The van der Waals surface area contributed by atoms with Crippen LogP contribution in [0.1, 0.15) is 16.8 Å². The van der Waals surface area contributed by atoms with E-state index >= 15 is 0 Å². The first-order valence-corrected chi connectivity index (χ1v) is 5.15. The van der Waals surface area contributed by atoms with Crippen LogP contribution in [-0.2, 0) is 0 Å². The Kier molecular flexibility index (Phi) is 2.70. The lowest BCUT2D eigenvalue weighted by atomic mass is 10.1. The van der Waals surface area contributed by atoms with E-state index in [1.54, 1.807) is 4.90 Å². The lowest BCUT2D eigenvalue weighted by molar-refractivity contribution is 0.0787. The average molecular weight is 222 g/mol. The van der Waals surface area contributed by atoms with E-state index < -0.39 is 0 Å². The third-order valence-corrected chi connectivity index (χ3v) is 2.76. The van der Waals surface area contributed by atoms with Crippen molar-refractivity contribution in [3.63, 3.8) is 0 Å². The molecule has 1 aromatic carbocycles. The number of carbonyl (C=O) groups excluding carboxylic acids is 1. The summed E-state index contributed by atoms with van der Waals surface area (Å²) >= 11 is 0. The number of amides is 1. The molecule has 1 heterocycles. The van der Waals surface area contributed by atoms with E-state index in [-0.39, 0.29) is 29.0 Å². The number of hydrogen-bond acceptors (Lipinski definition) is 4. The largest absolute Gasteiger partial charge is 0.504 e. The Morgan fingerprint density at radius 2 is 2.19 bits per heavy atom. The average Bonchev–Trinajstić information content (AvgIpc) is 2.68. The normalized spacial score (nSPS) is 20.1. The highest BCUT2D eigenvalue weighted by molar-refractivity contribution is 5.97. The zero-order valence-corrected chi connectivity index (χ0v) is 8.76. The molecule has 1 fully saturated rings. The zero-order chi connectivity index (χ0) is 11.7. The van der Waals surface area contributed by atoms with Gasteiger partial charge in [-0.1, -0.05) is 6.07 Å². The van der Waals surface area contributed by atoms with Gasteiger partial charge in [-0.25, -0.2) is 0 Å². The molecule has 5 nitrogen and oxygen atoms in total. The zero-order valence-electron chi connectivity index (χ0n) is 8.76. The Morgan fingerprint density at radius 1 is 1.44 bits per heavy atom. The lowest BCUT2D eigenvalue weighted by Crippen LogP contribution is -2.31. The number of phenols is 2. The molecule has 4 N–H and O–H groups in total. The van der Waals surface area contributed by atoms with Crippen molar-refractivity contribution >= 4 is 5.91 Å². The molecule has 0 aromatic heterocycles. The second-order valence-corrected chi connectivity index (χ2v) is 3.97. The van der Waals surface area contributed by atoms with Gasteiger partial charge in [-0.3, -0.25) is 4.79 Å². The van der Waals surface area contributed by atoms with Crippen LogP contribution in [-0.4, -0.2) is 40.2 Å². The predicted octanol–water partition coefficient (Wildman–Crippen LogP) is 0.271. The van der Waals surface area contributed by atoms with E-state index in [4.69, 9.17) is 5.73 Å². The van der Waals surface area contributed by atoms with E-state index in [0.29, 0.717) is 13.1 Å². The summed E-state index contributed by atoms with van der Waals surface area (Å²) in [6.07, 6.45) is 0.769. The summed E-state index contributed by atoms with van der Waals surface area (Å²) in [5.74, 6) is -0.941. The number of phenolic OH excluding ortho intramolecular Hbond substituents is 2. The molecule has 0 aliphatic carbocycles. The number of likely N-dealkylation sites (tertiary alicyclic amines) is 1. The first-order valence-electron chi connectivity index (χ1n) is 5.15. The summed E-state index contributed by atoms with van der Waals surface area (Å²) in [5.41, 5.74) is 5.82. The van der Waals surface area contributed by atoms with Crippen molar-refractivity contribution in [2.24, 2.45) is 5.73 Å². The molecule has 0 bridgehead atoms. The summed E-state index contributed by atoms with van der Waals surface area (Å²) in [5, 5.41) is 18.9. The number of para-hydroxylation sites is 1. The fourth-order valence-electron chi connectivity index (χ4n) is 1.85. The molecule has 0 radical (unpaired) electrons. The second kappa shape index (κ2) is 4.02. The van der Waals surface area contributed by atoms with Crippen LogP contribution in [0.15, 0.2) is 18.2 Å². The number of carbonyl (C=O) groups is 1.